The average molecular weight is 672 g/mol. The van der Waals surface area contributed by atoms with Crippen molar-refractivity contribution in [2.24, 2.45) is 4.36 Å². The highest BCUT2D eigenvalue weighted by Gasteiger charge is 2.31. The number of alkyl halides is 3. The molecular formula is C31H32F3N7O5S. The summed E-state index contributed by atoms with van der Waals surface area (Å²) in [5.41, 5.74) is 1.31. The van der Waals surface area contributed by atoms with Gasteiger partial charge in [0.1, 0.15) is 5.82 Å². The van der Waals surface area contributed by atoms with Crippen LogP contribution in [0.1, 0.15) is 19.4 Å². The molecule has 2 unspecified atom stereocenters. The number of aromatic nitrogens is 2. The second-order valence-corrected chi connectivity index (χ2v) is 11.3. The number of benzene rings is 3. The number of thiol groups is 1. The SMILES string of the molecule is CCOC(=O)/N=[SH](=O)\c1cccc(Nc2ncc(-c3ccc(NC(=O)N(C)c4cccc(C(F)(F)F)c4)cc3)c(NC(C)CO)n2)c1. The van der Waals surface area contributed by atoms with Gasteiger partial charge in [-0.05, 0) is 67.9 Å². The van der Waals surface area contributed by atoms with Crippen LogP contribution in [0, 0.1) is 0 Å². The van der Waals surface area contributed by atoms with Crippen LogP contribution in [-0.2, 0) is 21.5 Å². The Morgan fingerprint density at radius 1 is 1.06 bits per heavy atom. The summed E-state index contributed by atoms with van der Waals surface area (Å²) >= 11 is 0. The first-order valence-corrected chi connectivity index (χ1v) is 15.4. The number of carbonyl (C=O) groups is 2. The minimum Gasteiger partial charge on any atom is -0.448 e. The molecule has 248 valence electrons. The first-order chi connectivity index (χ1) is 22.4. The Morgan fingerprint density at radius 2 is 1.79 bits per heavy atom. The number of amides is 3. The molecule has 4 rings (SSSR count). The number of halogens is 3. The summed E-state index contributed by atoms with van der Waals surface area (Å²) in [6.45, 7) is 3.29. The number of hydrogen-bond acceptors (Lipinski definition) is 9. The molecule has 0 aliphatic heterocycles. The second kappa shape index (κ2) is 15.4. The highest BCUT2D eigenvalue weighted by atomic mass is 32.2. The van der Waals surface area contributed by atoms with Crippen LogP contribution in [0.2, 0.25) is 0 Å². The molecule has 4 aromatic rings. The molecule has 0 saturated carbocycles. The average Bonchev–Trinajstić information content (AvgIpc) is 3.05. The van der Waals surface area contributed by atoms with E-state index < -0.39 is 34.5 Å². The van der Waals surface area contributed by atoms with Gasteiger partial charge in [-0.25, -0.2) is 18.8 Å². The van der Waals surface area contributed by atoms with E-state index in [1.807, 2.05) is 0 Å². The molecule has 1 aromatic heterocycles. The summed E-state index contributed by atoms with van der Waals surface area (Å²) in [4.78, 5) is 34.7. The largest absolute Gasteiger partial charge is 0.448 e. The van der Waals surface area contributed by atoms with Crippen molar-refractivity contribution < 1.29 is 36.8 Å². The van der Waals surface area contributed by atoms with Crippen LogP contribution in [0.15, 0.2) is 88.3 Å². The second-order valence-electron chi connectivity index (χ2n) is 10.0. The predicted octanol–water partition coefficient (Wildman–Crippen LogP) is 6.55. The van der Waals surface area contributed by atoms with E-state index in [4.69, 9.17) is 4.74 Å². The van der Waals surface area contributed by atoms with Gasteiger partial charge in [-0.1, -0.05) is 24.3 Å². The molecule has 0 bridgehead atoms. The fourth-order valence-electron chi connectivity index (χ4n) is 4.11. The smallest absolute Gasteiger partial charge is 0.441 e. The number of urea groups is 1. The normalized spacial score (nSPS) is 12.6. The minimum atomic E-state index is -4.54. The lowest BCUT2D eigenvalue weighted by Gasteiger charge is -2.20. The summed E-state index contributed by atoms with van der Waals surface area (Å²) in [6.07, 6.45) is -3.91. The number of rotatable bonds is 10. The summed E-state index contributed by atoms with van der Waals surface area (Å²) in [5.74, 6) is 0.558. The molecular weight excluding hydrogens is 639 g/mol. The first kappa shape index (κ1) is 34.6. The van der Waals surface area contributed by atoms with Crippen LogP contribution >= 0.6 is 0 Å². The first-order valence-electron chi connectivity index (χ1n) is 14.2. The maximum atomic E-state index is 13.1. The number of ether oxygens (including phenoxy) is 1. The van der Waals surface area contributed by atoms with Gasteiger partial charge >= 0.3 is 18.3 Å². The highest BCUT2D eigenvalue weighted by Crippen LogP contribution is 2.32. The van der Waals surface area contributed by atoms with Crippen molar-refractivity contribution in [3.63, 3.8) is 0 Å². The van der Waals surface area contributed by atoms with Crippen molar-refractivity contribution in [3.05, 3.63) is 84.6 Å². The highest BCUT2D eigenvalue weighted by molar-refractivity contribution is 7.75. The van der Waals surface area contributed by atoms with Crippen LogP contribution < -0.4 is 20.9 Å². The third kappa shape index (κ3) is 9.40. The maximum absolute atomic E-state index is 13.1. The van der Waals surface area contributed by atoms with Crippen molar-refractivity contribution in [1.82, 2.24) is 9.97 Å². The summed E-state index contributed by atoms with van der Waals surface area (Å²) in [5, 5.41) is 18.5. The van der Waals surface area contributed by atoms with Gasteiger partial charge in [0.15, 0.2) is 0 Å². The monoisotopic (exact) mass is 671 g/mol. The van der Waals surface area contributed by atoms with E-state index in [0.717, 1.165) is 17.0 Å². The zero-order chi connectivity index (χ0) is 34.1. The molecule has 0 saturated heterocycles. The molecule has 0 fully saturated rings. The molecule has 0 spiro atoms. The molecule has 47 heavy (non-hydrogen) atoms. The van der Waals surface area contributed by atoms with Gasteiger partial charge < -0.3 is 25.8 Å². The summed E-state index contributed by atoms with van der Waals surface area (Å²) in [7, 11) is -1.03. The molecule has 12 nitrogen and oxygen atoms in total. The number of aliphatic hydroxyl groups is 1. The van der Waals surface area contributed by atoms with Gasteiger partial charge in [-0.2, -0.15) is 18.2 Å². The predicted molar refractivity (Wildman–Crippen MR) is 173 cm³/mol. The molecule has 3 aromatic carbocycles. The molecule has 0 aliphatic carbocycles. The fraction of sp³-hybridized carbons (Fsp3) is 0.226. The van der Waals surface area contributed by atoms with Crippen molar-refractivity contribution >= 4 is 51.5 Å². The number of nitrogens with one attached hydrogen (secondary N) is 3. The van der Waals surface area contributed by atoms with Gasteiger partial charge in [0.2, 0.25) is 5.95 Å². The topological polar surface area (TPSA) is 158 Å². The lowest BCUT2D eigenvalue weighted by molar-refractivity contribution is -0.137. The standard InChI is InChI=1S/C31H32F3N7O5S/c1-4-46-30(44)40-47(45)25-10-6-8-23(16-25)37-28-35-17-26(27(39-28)36-19(2)18-42)20-11-13-22(14-12-20)38-29(43)41(3)24-9-5-7-21(15-24)31(32,33)34/h5-17,19,42,47H,4,18H2,1-3H3,(H,38,43)(H2,35,36,37,39). The third-order valence-corrected chi connectivity index (χ3v) is 7.59. The van der Waals surface area contributed by atoms with Crippen molar-refractivity contribution in [2.45, 2.75) is 31.0 Å². The van der Waals surface area contributed by atoms with Crippen LogP contribution in [0.3, 0.4) is 0 Å². The lowest BCUT2D eigenvalue weighted by atomic mass is 10.1. The van der Waals surface area contributed by atoms with Crippen molar-refractivity contribution in [2.75, 3.05) is 41.1 Å². The van der Waals surface area contributed by atoms with Crippen molar-refractivity contribution in [1.29, 1.82) is 0 Å². The van der Waals surface area contributed by atoms with Gasteiger partial charge in [0, 0.05) is 46.8 Å². The van der Waals surface area contributed by atoms with E-state index in [-0.39, 0.29) is 35.8 Å². The van der Waals surface area contributed by atoms with E-state index in [1.54, 1.807) is 68.6 Å². The van der Waals surface area contributed by atoms with Gasteiger partial charge in [0.25, 0.3) is 0 Å². The van der Waals surface area contributed by atoms with Gasteiger partial charge in [0.05, 0.1) is 29.4 Å². The van der Waals surface area contributed by atoms with Crippen LogP contribution in [0.5, 0.6) is 0 Å². The van der Waals surface area contributed by atoms with Crippen LogP contribution in [-0.4, -0.2) is 57.7 Å². The number of nitrogens with zero attached hydrogens (tertiary/aromatic N) is 4. The zero-order valence-electron chi connectivity index (χ0n) is 25.4. The maximum Gasteiger partial charge on any atom is 0.441 e. The number of anilines is 5. The molecule has 4 N–H and O–H groups in total. The minimum absolute atomic E-state index is 0.0701. The lowest BCUT2D eigenvalue weighted by Crippen LogP contribution is -2.31. The van der Waals surface area contributed by atoms with Crippen LogP contribution in [0.25, 0.3) is 11.1 Å². The zero-order valence-corrected chi connectivity index (χ0v) is 26.3. The van der Waals surface area contributed by atoms with E-state index >= 15 is 0 Å². The molecule has 1 heterocycles. The Bertz CT molecular complexity index is 1820. The molecule has 16 heteroatoms. The van der Waals surface area contributed by atoms with Gasteiger partial charge in [-0.3, -0.25) is 4.90 Å². The molecule has 3 amide bonds. The fourth-order valence-corrected chi connectivity index (χ4v) is 4.89. The Balaban J connectivity index is 1.53. The number of carbonyl (C=O) groups excluding carboxylic acids is 2. The van der Waals surface area contributed by atoms with E-state index in [2.05, 4.69) is 30.3 Å². The third-order valence-electron chi connectivity index (χ3n) is 6.52. The van der Waals surface area contributed by atoms with E-state index in [9.17, 15) is 32.1 Å². The molecule has 2 atom stereocenters. The Labute approximate surface area is 270 Å². The molecule has 0 aliphatic rings. The quantitative estimate of drug-likeness (QED) is 0.118. The number of aliphatic hydroxyl groups excluding tert-OH is 1. The summed E-state index contributed by atoms with van der Waals surface area (Å²) in [6, 6.07) is 16.5. The van der Waals surface area contributed by atoms with E-state index in [0.29, 0.717) is 28.3 Å². The Morgan fingerprint density at radius 3 is 2.47 bits per heavy atom. The summed E-state index contributed by atoms with van der Waals surface area (Å²) < 4.78 is 60.1. The Hall–Kier alpha value is -5.22. The van der Waals surface area contributed by atoms with E-state index in [1.165, 1.54) is 19.2 Å². The number of hydrogen-bond donors (Lipinski definition) is 5. The van der Waals surface area contributed by atoms with Gasteiger partial charge in [-0.15, -0.1) is 4.36 Å². The Kier molecular flexibility index (Phi) is 11.3. The van der Waals surface area contributed by atoms with Crippen LogP contribution in [0.4, 0.5) is 51.6 Å². The van der Waals surface area contributed by atoms with Crippen molar-refractivity contribution in [3.8, 4) is 11.1 Å². The molecule has 0 radical (unpaired) electrons.